The highest BCUT2D eigenvalue weighted by molar-refractivity contribution is 6.30. The quantitative estimate of drug-likeness (QED) is 0.488. The van der Waals surface area contributed by atoms with E-state index in [4.69, 9.17) is 20.9 Å². The third-order valence-electron chi connectivity index (χ3n) is 5.12. The zero-order valence-electron chi connectivity index (χ0n) is 18.4. The maximum atomic E-state index is 12.1. The molecule has 0 saturated carbocycles. The average Bonchev–Trinajstić information content (AvgIpc) is 3.22. The molecule has 0 aliphatic carbocycles. The van der Waals surface area contributed by atoms with Gasteiger partial charge in [-0.25, -0.2) is 9.78 Å². The molecule has 6 nitrogen and oxygen atoms in total. The second-order valence-corrected chi connectivity index (χ2v) is 9.17. The van der Waals surface area contributed by atoms with Crippen molar-refractivity contribution in [2.45, 2.75) is 27.2 Å². The molecule has 3 aromatic rings. The van der Waals surface area contributed by atoms with Crippen LogP contribution in [0.2, 0.25) is 5.02 Å². The maximum absolute atomic E-state index is 12.1. The van der Waals surface area contributed by atoms with E-state index in [2.05, 4.69) is 28.5 Å². The number of carbonyl (C=O) groups is 1. The minimum absolute atomic E-state index is 0.213. The number of halogens is 1. The van der Waals surface area contributed by atoms with Crippen LogP contribution < -0.4 is 5.32 Å². The highest BCUT2D eigenvalue weighted by Gasteiger charge is 2.26. The van der Waals surface area contributed by atoms with Gasteiger partial charge in [-0.05, 0) is 56.5 Å². The summed E-state index contributed by atoms with van der Waals surface area (Å²) < 4.78 is 5.84. The summed E-state index contributed by atoms with van der Waals surface area (Å²) in [5, 5.41) is 5.47. The van der Waals surface area contributed by atoms with Gasteiger partial charge in [-0.1, -0.05) is 48.0 Å². The first-order valence-corrected chi connectivity index (χ1v) is 10.9. The van der Waals surface area contributed by atoms with Crippen molar-refractivity contribution in [2.24, 2.45) is 5.41 Å². The van der Waals surface area contributed by atoms with Gasteiger partial charge in [-0.3, -0.25) is 0 Å². The molecule has 1 aromatic heterocycles. The lowest BCUT2D eigenvalue weighted by Crippen LogP contribution is -2.35. The number of hydrogen-bond donors (Lipinski definition) is 1. The summed E-state index contributed by atoms with van der Waals surface area (Å²) in [5.41, 5.74) is 3.63. The zero-order chi connectivity index (χ0) is 22.7. The van der Waals surface area contributed by atoms with Crippen molar-refractivity contribution in [3.05, 3.63) is 71.4 Å². The molecule has 0 unspecified atom stereocenters. The molecule has 0 fully saturated rings. The highest BCUT2D eigenvalue weighted by Crippen LogP contribution is 2.29. The summed E-state index contributed by atoms with van der Waals surface area (Å²) in [6.45, 7) is 6.82. The molecule has 166 valence electrons. The molecule has 1 aliphatic heterocycles. The first-order valence-electron chi connectivity index (χ1n) is 10.5. The minimum atomic E-state index is -0.510. The van der Waals surface area contributed by atoms with Crippen LogP contribution in [0.4, 0.5) is 11.7 Å². The van der Waals surface area contributed by atoms with Crippen LogP contribution in [0.15, 0.2) is 65.2 Å². The van der Waals surface area contributed by atoms with Crippen LogP contribution >= 0.6 is 11.6 Å². The molecule has 7 heteroatoms. The Bertz CT molecular complexity index is 1130. The number of anilines is 2. The minimum Gasteiger partial charge on any atom is -0.423 e. The Labute approximate surface area is 192 Å². The number of nitrogens with one attached hydrogen (secondary N) is 1. The molecular weight excluding hydrogens is 426 g/mol. The number of aromatic nitrogens is 1. The summed E-state index contributed by atoms with van der Waals surface area (Å²) in [7, 11) is 0. The monoisotopic (exact) mass is 451 g/mol. The molecule has 2 heterocycles. The Kier molecular flexibility index (Phi) is 6.35. The van der Waals surface area contributed by atoms with Crippen LogP contribution in [0, 0.1) is 5.41 Å². The number of benzene rings is 2. The third-order valence-corrected chi connectivity index (χ3v) is 5.35. The number of oxazole rings is 1. The Hall–Kier alpha value is -3.09. The van der Waals surface area contributed by atoms with E-state index in [9.17, 15) is 4.79 Å². The molecule has 4 rings (SSSR count). The van der Waals surface area contributed by atoms with Gasteiger partial charge in [-0.2, -0.15) is 0 Å². The Balaban J connectivity index is 1.39. The van der Waals surface area contributed by atoms with Gasteiger partial charge in [0.2, 0.25) is 0 Å². The van der Waals surface area contributed by atoms with Gasteiger partial charge in [0.15, 0.2) is 5.76 Å². The Morgan fingerprint density at radius 1 is 1.16 bits per heavy atom. The zero-order valence-corrected chi connectivity index (χ0v) is 19.1. The van der Waals surface area contributed by atoms with Gasteiger partial charge in [0.25, 0.3) is 6.01 Å². The molecule has 1 aliphatic rings. The summed E-state index contributed by atoms with van der Waals surface area (Å²) in [5.74, 6) is 0.467. The molecule has 0 radical (unpaired) electrons. The smallest absolute Gasteiger partial charge is 0.330 e. The van der Waals surface area contributed by atoms with Crippen molar-refractivity contribution >= 4 is 34.8 Å². The van der Waals surface area contributed by atoms with Gasteiger partial charge >= 0.3 is 5.97 Å². The molecule has 0 atom stereocenters. The first kappa shape index (κ1) is 22.1. The van der Waals surface area contributed by atoms with E-state index in [1.807, 2.05) is 57.2 Å². The molecular formula is C25H26ClN3O3. The van der Waals surface area contributed by atoms with Crippen molar-refractivity contribution in [3.8, 4) is 11.3 Å². The van der Waals surface area contributed by atoms with E-state index in [0.717, 1.165) is 23.2 Å². The SMILES string of the molecule is CC(C)(C)C(=O)ON1CC=C(c2ccc(-c3cnc(Nc4cccc(Cl)c4)o3)cc2)CC1. The van der Waals surface area contributed by atoms with Crippen LogP contribution in [0.5, 0.6) is 0 Å². The average molecular weight is 452 g/mol. The molecule has 0 spiro atoms. The number of carbonyl (C=O) groups excluding carboxylic acids is 1. The van der Waals surface area contributed by atoms with Gasteiger partial charge < -0.3 is 14.6 Å². The van der Waals surface area contributed by atoms with E-state index in [1.54, 1.807) is 11.3 Å². The normalized spacial score (nSPS) is 14.7. The topological polar surface area (TPSA) is 67.6 Å². The van der Waals surface area contributed by atoms with Crippen LogP contribution in [-0.2, 0) is 9.63 Å². The molecule has 0 saturated heterocycles. The van der Waals surface area contributed by atoms with Crippen molar-refractivity contribution < 1.29 is 14.0 Å². The van der Waals surface area contributed by atoms with E-state index in [-0.39, 0.29) is 5.97 Å². The van der Waals surface area contributed by atoms with Crippen LogP contribution in [0.25, 0.3) is 16.9 Å². The van der Waals surface area contributed by atoms with Crippen LogP contribution in [-0.4, -0.2) is 29.1 Å². The summed E-state index contributed by atoms with van der Waals surface area (Å²) in [4.78, 5) is 21.9. The van der Waals surface area contributed by atoms with Gasteiger partial charge in [0.05, 0.1) is 18.2 Å². The Morgan fingerprint density at radius 3 is 2.56 bits per heavy atom. The van der Waals surface area contributed by atoms with Crippen molar-refractivity contribution in [1.82, 2.24) is 10.0 Å². The van der Waals surface area contributed by atoms with E-state index < -0.39 is 5.41 Å². The second-order valence-electron chi connectivity index (χ2n) is 8.74. The van der Waals surface area contributed by atoms with E-state index in [1.165, 1.54) is 5.57 Å². The molecule has 0 bridgehead atoms. The molecule has 0 amide bonds. The largest absolute Gasteiger partial charge is 0.423 e. The Morgan fingerprint density at radius 2 is 1.91 bits per heavy atom. The van der Waals surface area contributed by atoms with E-state index in [0.29, 0.717) is 29.9 Å². The predicted molar refractivity (Wildman–Crippen MR) is 126 cm³/mol. The number of rotatable bonds is 5. The van der Waals surface area contributed by atoms with Crippen molar-refractivity contribution in [3.63, 3.8) is 0 Å². The fraction of sp³-hybridized carbons (Fsp3) is 0.280. The first-order chi connectivity index (χ1) is 15.3. The lowest BCUT2D eigenvalue weighted by Gasteiger charge is -2.28. The summed E-state index contributed by atoms with van der Waals surface area (Å²) in [6.07, 6.45) is 4.62. The van der Waals surface area contributed by atoms with E-state index >= 15 is 0 Å². The second kappa shape index (κ2) is 9.18. The summed E-state index contributed by atoms with van der Waals surface area (Å²) in [6, 6.07) is 16.0. The molecule has 1 N–H and O–H groups in total. The fourth-order valence-corrected chi connectivity index (χ4v) is 3.44. The van der Waals surface area contributed by atoms with Crippen molar-refractivity contribution in [2.75, 3.05) is 18.4 Å². The summed E-state index contributed by atoms with van der Waals surface area (Å²) >= 11 is 6.02. The van der Waals surface area contributed by atoms with Gasteiger partial charge in [-0.15, -0.1) is 5.06 Å². The standard InChI is InChI=1S/C25H26ClN3O3/c1-25(2,3)23(30)32-29-13-11-18(12-14-29)17-7-9-19(10-8-17)22-16-27-24(31-22)28-21-6-4-5-20(26)15-21/h4-11,15-16H,12-14H2,1-3H3,(H,27,28). The molecule has 32 heavy (non-hydrogen) atoms. The maximum Gasteiger partial charge on any atom is 0.330 e. The molecule has 2 aromatic carbocycles. The highest BCUT2D eigenvalue weighted by atomic mass is 35.5. The fourth-order valence-electron chi connectivity index (χ4n) is 3.25. The van der Waals surface area contributed by atoms with Gasteiger partial charge in [0.1, 0.15) is 0 Å². The number of nitrogens with zero attached hydrogens (tertiary/aromatic N) is 2. The van der Waals surface area contributed by atoms with Gasteiger partial charge in [0, 0.05) is 22.8 Å². The lowest BCUT2D eigenvalue weighted by molar-refractivity contribution is -0.198. The number of hydroxylamine groups is 2. The predicted octanol–water partition coefficient (Wildman–Crippen LogP) is 6.33. The van der Waals surface area contributed by atoms with Crippen LogP contribution in [0.1, 0.15) is 32.8 Å². The lowest BCUT2D eigenvalue weighted by atomic mass is 9.97. The van der Waals surface area contributed by atoms with Crippen molar-refractivity contribution in [1.29, 1.82) is 0 Å². The number of hydrogen-bond acceptors (Lipinski definition) is 6. The van der Waals surface area contributed by atoms with Crippen LogP contribution in [0.3, 0.4) is 0 Å². The third kappa shape index (κ3) is 5.39.